The molecule has 1 saturated heterocycles. The number of methoxy groups -OCH3 is 2. The Morgan fingerprint density at radius 1 is 1.17 bits per heavy atom. The Kier molecular flexibility index (Phi) is 8.30. The molecule has 1 atom stereocenters. The van der Waals surface area contributed by atoms with Gasteiger partial charge in [-0.05, 0) is 42.8 Å². The lowest BCUT2D eigenvalue weighted by molar-refractivity contribution is -0.140. The predicted octanol–water partition coefficient (Wildman–Crippen LogP) is 3.91. The standard InChI is InChI=1S/C25H27FN2O7/c1-5-34-24(30)21(26)12-17-6-9-19(10-7-17)28-15-23(35-25(28)31)27(16(2)29)14-18-8-11-20(32-3)13-22(18)33-4/h6-13,23H,5,14-15H2,1-4H3/b21-12-/t23-/m1/s1. The molecular formula is C25H27FN2O7. The Balaban J connectivity index is 1.75. The quantitative estimate of drug-likeness (QED) is 0.392. The van der Waals surface area contributed by atoms with E-state index in [1.165, 1.54) is 23.8 Å². The molecule has 186 valence electrons. The molecule has 0 spiro atoms. The predicted molar refractivity (Wildman–Crippen MR) is 126 cm³/mol. The van der Waals surface area contributed by atoms with E-state index in [-0.39, 0.29) is 25.6 Å². The van der Waals surface area contributed by atoms with Gasteiger partial charge < -0.3 is 23.8 Å². The van der Waals surface area contributed by atoms with Crippen LogP contribution in [-0.2, 0) is 25.6 Å². The average molecular weight is 486 g/mol. The molecule has 0 unspecified atom stereocenters. The molecular weight excluding hydrogens is 459 g/mol. The fourth-order valence-electron chi connectivity index (χ4n) is 3.56. The van der Waals surface area contributed by atoms with Crippen LogP contribution in [0.5, 0.6) is 11.5 Å². The van der Waals surface area contributed by atoms with Crippen molar-refractivity contribution < 1.29 is 37.7 Å². The number of carbonyl (C=O) groups excluding carboxylic acids is 3. The number of rotatable bonds is 9. The van der Waals surface area contributed by atoms with E-state index in [9.17, 15) is 18.8 Å². The molecule has 35 heavy (non-hydrogen) atoms. The summed E-state index contributed by atoms with van der Waals surface area (Å²) in [5, 5.41) is 0. The number of ether oxygens (including phenoxy) is 4. The van der Waals surface area contributed by atoms with E-state index >= 15 is 0 Å². The van der Waals surface area contributed by atoms with Crippen molar-refractivity contribution in [2.45, 2.75) is 26.6 Å². The van der Waals surface area contributed by atoms with Crippen LogP contribution in [0.4, 0.5) is 14.9 Å². The van der Waals surface area contributed by atoms with Crippen LogP contribution in [0.1, 0.15) is 25.0 Å². The first kappa shape index (κ1) is 25.5. The molecule has 0 saturated carbocycles. The number of carbonyl (C=O) groups is 3. The minimum atomic E-state index is -1.04. The summed E-state index contributed by atoms with van der Waals surface area (Å²) in [6.45, 7) is 3.31. The molecule has 2 aromatic rings. The summed E-state index contributed by atoms with van der Waals surface area (Å²) in [4.78, 5) is 39.3. The maximum Gasteiger partial charge on any atom is 0.416 e. The number of hydrogen-bond acceptors (Lipinski definition) is 7. The van der Waals surface area contributed by atoms with Crippen molar-refractivity contribution in [2.24, 2.45) is 0 Å². The number of halogens is 1. The zero-order valence-corrected chi connectivity index (χ0v) is 19.9. The van der Waals surface area contributed by atoms with E-state index < -0.39 is 24.1 Å². The maximum absolute atomic E-state index is 13.9. The first-order chi connectivity index (χ1) is 16.8. The molecule has 0 aliphatic carbocycles. The highest BCUT2D eigenvalue weighted by Crippen LogP contribution is 2.29. The number of anilines is 1. The van der Waals surface area contributed by atoms with E-state index in [0.717, 1.165) is 11.6 Å². The second-order valence-electron chi connectivity index (χ2n) is 7.58. The molecule has 2 amide bonds. The van der Waals surface area contributed by atoms with Crippen LogP contribution in [0.3, 0.4) is 0 Å². The monoisotopic (exact) mass is 486 g/mol. The zero-order chi connectivity index (χ0) is 25.5. The molecule has 0 N–H and O–H groups in total. The molecule has 9 nitrogen and oxygen atoms in total. The minimum absolute atomic E-state index is 0.0692. The highest BCUT2D eigenvalue weighted by atomic mass is 19.1. The van der Waals surface area contributed by atoms with Gasteiger partial charge in [-0.2, -0.15) is 4.39 Å². The highest BCUT2D eigenvalue weighted by Gasteiger charge is 2.37. The fourth-order valence-corrected chi connectivity index (χ4v) is 3.56. The van der Waals surface area contributed by atoms with Crippen molar-refractivity contribution in [3.05, 3.63) is 59.4 Å². The summed E-state index contributed by atoms with van der Waals surface area (Å²) in [6.07, 6.45) is -0.399. The van der Waals surface area contributed by atoms with E-state index in [1.807, 2.05) is 0 Å². The molecule has 1 fully saturated rings. The maximum atomic E-state index is 13.9. The zero-order valence-electron chi connectivity index (χ0n) is 19.9. The summed E-state index contributed by atoms with van der Waals surface area (Å²) >= 11 is 0. The van der Waals surface area contributed by atoms with Gasteiger partial charge in [0.05, 0.1) is 33.9 Å². The van der Waals surface area contributed by atoms with Crippen LogP contribution in [0, 0.1) is 0 Å². The molecule has 10 heteroatoms. The normalized spacial score (nSPS) is 15.5. The Hall–Kier alpha value is -4.08. The SMILES string of the molecule is CCOC(=O)/C(F)=C/c1ccc(N2C[C@H](N(Cc3ccc(OC)cc3OC)C(C)=O)OC2=O)cc1. The molecule has 0 bridgehead atoms. The lowest BCUT2D eigenvalue weighted by atomic mass is 10.1. The van der Waals surface area contributed by atoms with E-state index in [0.29, 0.717) is 22.7 Å². The van der Waals surface area contributed by atoms with Crippen molar-refractivity contribution in [1.82, 2.24) is 4.90 Å². The first-order valence-corrected chi connectivity index (χ1v) is 10.9. The van der Waals surface area contributed by atoms with Crippen molar-refractivity contribution in [3.8, 4) is 11.5 Å². The number of hydrogen-bond donors (Lipinski definition) is 0. The molecule has 0 aromatic heterocycles. The second kappa shape index (κ2) is 11.4. The van der Waals surface area contributed by atoms with Crippen molar-refractivity contribution in [3.63, 3.8) is 0 Å². The Labute approximate surface area is 202 Å². The van der Waals surface area contributed by atoms with Crippen molar-refractivity contribution in [1.29, 1.82) is 0 Å². The Morgan fingerprint density at radius 3 is 2.49 bits per heavy atom. The lowest BCUT2D eigenvalue weighted by Crippen LogP contribution is -2.41. The third kappa shape index (κ3) is 6.08. The fraction of sp³-hybridized carbons (Fsp3) is 0.320. The van der Waals surface area contributed by atoms with Gasteiger partial charge in [0, 0.05) is 24.2 Å². The van der Waals surface area contributed by atoms with Crippen LogP contribution in [0.25, 0.3) is 6.08 Å². The van der Waals surface area contributed by atoms with Gasteiger partial charge >= 0.3 is 12.1 Å². The highest BCUT2D eigenvalue weighted by molar-refractivity contribution is 5.92. The Bertz CT molecular complexity index is 1120. The number of benzene rings is 2. The topological polar surface area (TPSA) is 94.6 Å². The third-order valence-corrected chi connectivity index (χ3v) is 5.35. The van der Waals surface area contributed by atoms with Gasteiger partial charge in [-0.15, -0.1) is 0 Å². The number of amides is 2. The molecule has 2 aromatic carbocycles. The van der Waals surface area contributed by atoms with Crippen LogP contribution in [0.2, 0.25) is 0 Å². The summed E-state index contributed by atoms with van der Waals surface area (Å²) in [5.74, 6) is -1.20. The summed E-state index contributed by atoms with van der Waals surface area (Å²) in [7, 11) is 3.06. The molecule has 3 rings (SSSR count). The van der Waals surface area contributed by atoms with Gasteiger partial charge in [0.15, 0.2) is 6.23 Å². The average Bonchev–Trinajstić information content (AvgIpc) is 3.23. The van der Waals surface area contributed by atoms with Crippen molar-refractivity contribution in [2.75, 3.05) is 32.3 Å². The van der Waals surface area contributed by atoms with Gasteiger partial charge in [-0.3, -0.25) is 9.69 Å². The van der Waals surface area contributed by atoms with Gasteiger partial charge in [0.1, 0.15) is 11.5 Å². The number of cyclic esters (lactones) is 1. The van der Waals surface area contributed by atoms with Gasteiger partial charge in [0.25, 0.3) is 0 Å². The molecule has 1 aliphatic rings. The van der Waals surface area contributed by atoms with E-state index in [1.54, 1.807) is 56.5 Å². The van der Waals surface area contributed by atoms with E-state index in [4.69, 9.17) is 14.2 Å². The molecule has 0 radical (unpaired) electrons. The first-order valence-electron chi connectivity index (χ1n) is 10.9. The van der Waals surface area contributed by atoms with Crippen LogP contribution in [-0.4, -0.2) is 56.5 Å². The molecule has 1 aliphatic heterocycles. The van der Waals surface area contributed by atoms with E-state index in [2.05, 4.69) is 4.74 Å². The smallest absolute Gasteiger partial charge is 0.416 e. The second-order valence-corrected chi connectivity index (χ2v) is 7.58. The number of nitrogens with zero attached hydrogens (tertiary/aromatic N) is 2. The van der Waals surface area contributed by atoms with Crippen molar-refractivity contribution >= 4 is 29.7 Å². The number of esters is 1. The largest absolute Gasteiger partial charge is 0.497 e. The molecule has 1 heterocycles. The summed E-state index contributed by atoms with van der Waals surface area (Å²) in [5.41, 5.74) is 1.63. The lowest BCUT2D eigenvalue weighted by Gasteiger charge is -2.26. The third-order valence-electron chi connectivity index (χ3n) is 5.35. The van der Waals surface area contributed by atoms with Crippen LogP contribution >= 0.6 is 0 Å². The van der Waals surface area contributed by atoms with Crippen LogP contribution in [0.15, 0.2) is 48.3 Å². The Morgan fingerprint density at radius 2 is 1.89 bits per heavy atom. The van der Waals surface area contributed by atoms with Gasteiger partial charge in [0.2, 0.25) is 11.7 Å². The van der Waals surface area contributed by atoms with Crippen LogP contribution < -0.4 is 14.4 Å². The van der Waals surface area contributed by atoms with Gasteiger partial charge in [-0.1, -0.05) is 12.1 Å². The summed E-state index contributed by atoms with van der Waals surface area (Å²) in [6, 6.07) is 11.5. The summed E-state index contributed by atoms with van der Waals surface area (Å²) < 4.78 is 34.6. The minimum Gasteiger partial charge on any atom is -0.497 e. The van der Waals surface area contributed by atoms with Gasteiger partial charge in [-0.25, -0.2) is 9.59 Å².